The van der Waals surface area contributed by atoms with E-state index in [1.807, 2.05) is 12.1 Å². The molecule has 140 valence electrons. The number of benzene rings is 1. The number of carboxylic acid groups (broad SMARTS) is 1. The number of aliphatic imine (C=N–C) groups is 1. The van der Waals surface area contributed by atoms with Gasteiger partial charge in [-0.1, -0.05) is 12.1 Å². The normalized spacial score (nSPS) is 18.6. The van der Waals surface area contributed by atoms with Crippen LogP contribution in [0.25, 0.3) is 0 Å². The molecule has 1 aromatic heterocycles. The molecule has 2 heterocycles. The first kappa shape index (κ1) is 18.9. The number of hydrogen-bond acceptors (Lipinski definition) is 7. The number of carboxylic acids is 1. The molecule has 0 radical (unpaired) electrons. The highest BCUT2D eigenvalue weighted by atomic mass is 16.5. The van der Waals surface area contributed by atoms with Gasteiger partial charge in [0.15, 0.2) is 0 Å². The van der Waals surface area contributed by atoms with E-state index in [0.29, 0.717) is 31.4 Å². The van der Waals surface area contributed by atoms with Gasteiger partial charge in [0.05, 0.1) is 18.1 Å². The molecule has 0 bridgehead atoms. The van der Waals surface area contributed by atoms with Crippen molar-refractivity contribution < 1.29 is 24.4 Å². The molecule has 3 rings (SSSR count). The summed E-state index contributed by atoms with van der Waals surface area (Å²) < 4.78 is 6.82. The van der Waals surface area contributed by atoms with Crippen LogP contribution in [0.1, 0.15) is 35.2 Å². The van der Waals surface area contributed by atoms with Crippen LogP contribution in [0.3, 0.4) is 0 Å². The van der Waals surface area contributed by atoms with E-state index < -0.39 is 25.1 Å². The minimum absolute atomic E-state index is 0.190. The fraction of sp³-hybridized carbons (Fsp3) is 0.375. The van der Waals surface area contributed by atoms with Gasteiger partial charge in [-0.15, -0.1) is 5.10 Å². The lowest BCUT2D eigenvalue weighted by molar-refractivity contribution is -0.139. The van der Waals surface area contributed by atoms with Crippen LogP contribution in [-0.4, -0.2) is 61.0 Å². The third-order valence-electron chi connectivity index (χ3n) is 4.20. The highest BCUT2D eigenvalue weighted by Gasteiger charge is 2.33. The molecule has 0 spiro atoms. The molecule has 27 heavy (non-hydrogen) atoms. The molecule has 1 atom stereocenters. The van der Waals surface area contributed by atoms with Gasteiger partial charge < -0.3 is 14.8 Å². The lowest BCUT2D eigenvalue weighted by atomic mass is 9.75. The highest BCUT2D eigenvalue weighted by molar-refractivity contribution is 6.81. The minimum Gasteiger partial charge on any atom is -0.481 e. The molecule has 1 aliphatic rings. The Morgan fingerprint density at radius 1 is 1.33 bits per heavy atom. The largest absolute Gasteiger partial charge is 0.506 e. The molecule has 1 amide bonds. The summed E-state index contributed by atoms with van der Waals surface area (Å²) in [6, 6.07) is 7.00. The molecular formula is C16H18BN5O5. The van der Waals surface area contributed by atoms with Gasteiger partial charge in [-0.25, -0.2) is 9.67 Å². The smallest absolute Gasteiger partial charge is 0.481 e. The fourth-order valence-electron chi connectivity index (χ4n) is 2.75. The van der Waals surface area contributed by atoms with Gasteiger partial charge in [-0.2, -0.15) is 0 Å². The zero-order valence-corrected chi connectivity index (χ0v) is 14.4. The van der Waals surface area contributed by atoms with Gasteiger partial charge in [-0.05, 0) is 47.4 Å². The van der Waals surface area contributed by atoms with E-state index in [1.165, 1.54) is 6.33 Å². The third-order valence-corrected chi connectivity index (χ3v) is 4.20. The van der Waals surface area contributed by atoms with Crippen LogP contribution in [0.2, 0.25) is 0 Å². The Morgan fingerprint density at radius 2 is 2.11 bits per heavy atom. The van der Waals surface area contributed by atoms with Crippen LogP contribution in [0.4, 0.5) is 0 Å². The number of aromatic nitrogens is 4. The molecule has 0 unspecified atom stereocenters. The molecule has 1 fully saturated rings. The summed E-state index contributed by atoms with van der Waals surface area (Å²) in [5, 5.41) is 29.6. The maximum Gasteiger partial charge on any atom is 0.506 e. The number of aliphatic carboxylic acids is 1. The topological polar surface area (TPSA) is 140 Å². The van der Waals surface area contributed by atoms with Crippen molar-refractivity contribution in [3.05, 3.63) is 41.7 Å². The summed E-state index contributed by atoms with van der Waals surface area (Å²) in [4.78, 5) is 26.9. The van der Waals surface area contributed by atoms with Gasteiger partial charge in [0, 0.05) is 12.1 Å². The predicted octanol–water partition coefficient (Wildman–Crippen LogP) is 0.170. The van der Waals surface area contributed by atoms with E-state index in [1.54, 1.807) is 16.8 Å². The van der Waals surface area contributed by atoms with E-state index in [0.717, 1.165) is 5.56 Å². The zero-order valence-electron chi connectivity index (χ0n) is 14.4. The van der Waals surface area contributed by atoms with Crippen LogP contribution in [0, 0.1) is 0 Å². The van der Waals surface area contributed by atoms with Crippen LogP contribution >= 0.6 is 0 Å². The Morgan fingerprint density at radius 3 is 2.74 bits per heavy atom. The molecule has 1 saturated heterocycles. The fourth-order valence-corrected chi connectivity index (χ4v) is 2.75. The quantitative estimate of drug-likeness (QED) is 0.685. The average Bonchev–Trinajstić information content (AvgIpc) is 3.16. The summed E-state index contributed by atoms with van der Waals surface area (Å²) in [5.41, 5.74) is 1.63. The summed E-state index contributed by atoms with van der Waals surface area (Å²) >= 11 is 0. The molecule has 2 aromatic rings. The van der Waals surface area contributed by atoms with Crippen molar-refractivity contribution in [2.45, 2.75) is 38.3 Å². The summed E-state index contributed by atoms with van der Waals surface area (Å²) in [6.07, 6.45) is 2.19. The van der Waals surface area contributed by atoms with E-state index in [2.05, 4.69) is 20.5 Å². The van der Waals surface area contributed by atoms with Crippen molar-refractivity contribution in [1.82, 2.24) is 20.2 Å². The Hall–Kier alpha value is -2.92. The van der Waals surface area contributed by atoms with Gasteiger partial charge in [-0.3, -0.25) is 9.59 Å². The van der Waals surface area contributed by atoms with Crippen LogP contribution in [-0.2, 0) is 22.4 Å². The molecule has 0 saturated carbocycles. The van der Waals surface area contributed by atoms with Crippen LogP contribution in [0.5, 0.6) is 0 Å². The van der Waals surface area contributed by atoms with Crippen molar-refractivity contribution in [2.75, 3.05) is 0 Å². The average molecular weight is 371 g/mol. The number of aryl methyl sites for hydroxylation is 2. The first-order valence-corrected chi connectivity index (χ1v) is 8.48. The van der Waals surface area contributed by atoms with Crippen molar-refractivity contribution in [1.29, 1.82) is 0 Å². The summed E-state index contributed by atoms with van der Waals surface area (Å²) in [5.74, 6) is -1.47. The number of hydrogen-bond donors (Lipinski definition) is 2. The van der Waals surface area contributed by atoms with E-state index in [4.69, 9.17) is 9.76 Å². The standard InChI is InChI=1S/C16H18BN5O5/c23-15(24)9-13-5-6-14(17(26)27-13)19-16(25)12-3-1-11(2-4-12)7-8-22-10-18-20-21-22/h1-4,10,13,26H,5-9H2,(H,23,24)/t13-/m0/s1. The minimum atomic E-state index is -1.36. The number of rotatable bonds is 6. The molecule has 0 aliphatic carbocycles. The van der Waals surface area contributed by atoms with Gasteiger partial charge in [0.1, 0.15) is 6.33 Å². The zero-order chi connectivity index (χ0) is 19.2. The Kier molecular flexibility index (Phi) is 6.04. The molecule has 10 nitrogen and oxygen atoms in total. The Labute approximate surface area is 155 Å². The lowest BCUT2D eigenvalue weighted by Crippen LogP contribution is -2.41. The van der Waals surface area contributed by atoms with Crippen molar-refractivity contribution in [2.24, 2.45) is 4.99 Å². The second-order valence-electron chi connectivity index (χ2n) is 6.18. The van der Waals surface area contributed by atoms with Crippen LogP contribution in [0.15, 0.2) is 35.6 Å². The van der Waals surface area contributed by atoms with Gasteiger partial charge in [0.2, 0.25) is 0 Å². The van der Waals surface area contributed by atoms with Crippen molar-refractivity contribution in [3.63, 3.8) is 0 Å². The van der Waals surface area contributed by atoms with E-state index in [9.17, 15) is 14.6 Å². The first-order chi connectivity index (χ1) is 13.0. The third kappa shape index (κ3) is 5.28. The van der Waals surface area contributed by atoms with Gasteiger partial charge >= 0.3 is 13.1 Å². The predicted molar refractivity (Wildman–Crippen MR) is 94.1 cm³/mol. The SMILES string of the molecule is O=C(O)C[C@@H]1CCC(=NC(=O)c2ccc(CCn3cnnn3)cc2)B(O)O1. The number of carbonyl (C=O) groups is 2. The number of tetrazole rings is 1. The molecule has 1 aliphatic heterocycles. The number of nitrogens with zero attached hydrogens (tertiary/aromatic N) is 5. The van der Waals surface area contributed by atoms with E-state index >= 15 is 0 Å². The Balaban J connectivity index is 1.57. The molecule has 11 heteroatoms. The first-order valence-electron chi connectivity index (χ1n) is 8.48. The monoisotopic (exact) mass is 371 g/mol. The number of amides is 1. The Bertz CT molecular complexity index is 824. The van der Waals surface area contributed by atoms with Crippen molar-refractivity contribution in [3.8, 4) is 0 Å². The molecular weight excluding hydrogens is 353 g/mol. The maximum atomic E-state index is 12.3. The number of carbonyl (C=O) groups excluding carboxylic acids is 1. The molecule has 2 N–H and O–H groups in total. The lowest BCUT2D eigenvalue weighted by Gasteiger charge is -2.24. The van der Waals surface area contributed by atoms with E-state index in [-0.39, 0.29) is 12.0 Å². The molecule has 1 aromatic carbocycles. The summed E-state index contributed by atoms with van der Waals surface area (Å²) in [7, 11) is -1.36. The van der Waals surface area contributed by atoms with Crippen molar-refractivity contribution >= 4 is 24.6 Å². The summed E-state index contributed by atoms with van der Waals surface area (Å²) in [6.45, 7) is 0.629. The second-order valence-corrected chi connectivity index (χ2v) is 6.18. The second kappa shape index (κ2) is 8.65. The maximum absolute atomic E-state index is 12.3. The highest BCUT2D eigenvalue weighted by Crippen LogP contribution is 2.17. The van der Waals surface area contributed by atoms with Crippen LogP contribution < -0.4 is 0 Å². The van der Waals surface area contributed by atoms with Gasteiger partial charge in [0.25, 0.3) is 5.91 Å².